The molecule has 0 aromatic carbocycles. The van der Waals surface area contributed by atoms with Crippen LogP contribution in [0.1, 0.15) is 6.42 Å². The van der Waals surface area contributed by atoms with E-state index in [1.165, 1.54) is 0 Å². The number of carboxylic acid groups (broad SMARTS) is 3. The van der Waals surface area contributed by atoms with Crippen LogP contribution in [0, 0.1) is 5.92 Å². The van der Waals surface area contributed by atoms with Gasteiger partial charge in [-0.05, 0) is 0 Å². The lowest BCUT2D eigenvalue weighted by Gasteiger charge is -2.32. The van der Waals surface area contributed by atoms with Crippen molar-refractivity contribution in [3.8, 4) is 0 Å². The summed E-state index contributed by atoms with van der Waals surface area (Å²) in [6.45, 7) is 0. The largest absolute Gasteiger partial charge is 0.481 e. The van der Waals surface area contributed by atoms with Gasteiger partial charge in [-0.2, -0.15) is 22.0 Å². The van der Waals surface area contributed by atoms with Gasteiger partial charge in [0.05, 0.1) is 6.42 Å². The first-order chi connectivity index (χ1) is 9.28. The van der Waals surface area contributed by atoms with Crippen molar-refractivity contribution < 1.29 is 56.8 Å². The van der Waals surface area contributed by atoms with Crippen molar-refractivity contribution in [3.05, 3.63) is 11.9 Å². The van der Waals surface area contributed by atoms with Gasteiger partial charge < -0.3 is 20.4 Å². The summed E-state index contributed by atoms with van der Waals surface area (Å²) in [5, 5.41) is 34.8. The summed E-state index contributed by atoms with van der Waals surface area (Å²) < 4.78 is 63.2. The third-order valence-electron chi connectivity index (χ3n) is 2.34. The van der Waals surface area contributed by atoms with Crippen LogP contribution in [0.3, 0.4) is 0 Å². The topological polar surface area (TPSA) is 132 Å². The Hall–Kier alpha value is -2.24. The normalized spacial score (nSPS) is 15.7. The van der Waals surface area contributed by atoms with E-state index in [4.69, 9.17) is 15.3 Å². The molecule has 0 heterocycles. The zero-order valence-corrected chi connectivity index (χ0v) is 9.69. The van der Waals surface area contributed by atoms with Crippen molar-refractivity contribution in [1.29, 1.82) is 0 Å². The molecule has 0 aromatic rings. The number of carbonyl (C=O) groups is 3. The molecule has 0 saturated heterocycles. The van der Waals surface area contributed by atoms with Crippen LogP contribution in [0.4, 0.5) is 22.0 Å². The summed E-state index contributed by atoms with van der Waals surface area (Å²) in [4.78, 5) is 31.7. The average molecular weight is 322 g/mol. The van der Waals surface area contributed by atoms with E-state index in [-0.39, 0.29) is 0 Å². The smallest absolute Gasteiger partial charge is 0.337 e. The minimum atomic E-state index is -5.66. The zero-order valence-electron chi connectivity index (χ0n) is 9.69. The van der Waals surface area contributed by atoms with E-state index in [1.54, 1.807) is 0 Å². The van der Waals surface area contributed by atoms with Gasteiger partial charge in [0.1, 0.15) is 0 Å². The van der Waals surface area contributed by atoms with Gasteiger partial charge in [0.25, 0.3) is 0 Å². The number of halogens is 5. The monoisotopic (exact) mass is 322 g/mol. The molecule has 0 aliphatic carbocycles. The molecular formula is C9H7F5O7. The Morgan fingerprint density at radius 1 is 1.00 bits per heavy atom. The van der Waals surface area contributed by atoms with Crippen LogP contribution < -0.4 is 0 Å². The molecule has 4 N–H and O–H groups in total. The van der Waals surface area contributed by atoms with E-state index in [1.807, 2.05) is 0 Å². The maximum Gasteiger partial charge on any atom is 0.337 e. The SMILES string of the molecule is O=C(O)CC(O)(C(=O)O)C(C(=O)O)C(F)(F)C(F)=C(F)F. The van der Waals surface area contributed by atoms with E-state index in [2.05, 4.69) is 0 Å². The molecule has 0 aromatic heterocycles. The van der Waals surface area contributed by atoms with Gasteiger partial charge >= 0.3 is 29.9 Å². The lowest BCUT2D eigenvalue weighted by molar-refractivity contribution is -0.200. The molecule has 0 fully saturated rings. The standard InChI is InChI=1S/C9H7F5O7/c10-4(5(11)12)9(13,14)3(6(17)18)8(21,7(19)20)1-2(15)16/h3,21H,1H2,(H,15,16)(H,17,18)(H,19,20). The molecule has 0 saturated carbocycles. The number of carboxylic acids is 3. The molecule has 2 unspecified atom stereocenters. The number of rotatable bonds is 7. The quantitative estimate of drug-likeness (QED) is 0.507. The van der Waals surface area contributed by atoms with Gasteiger partial charge in [-0.15, -0.1) is 0 Å². The first-order valence-electron chi connectivity index (χ1n) is 4.77. The van der Waals surface area contributed by atoms with Crippen molar-refractivity contribution >= 4 is 17.9 Å². The van der Waals surface area contributed by atoms with E-state index in [0.717, 1.165) is 0 Å². The molecule has 21 heavy (non-hydrogen) atoms. The maximum atomic E-state index is 13.4. The number of allylic oxidation sites excluding steroid dienone is 1. The molecule has 0 aliphatic heterocycles. The first-order valence-corrected chi connectivity index (χ1v) is 4.77. The van der Waals surface area contributed by atoms with Crippen molar-refractivity contribution in [2.45, 2.75) is 17.9 Å². The minimum absolute atomic E-state index is 2.09. The van der Waals surface area contributed by atoms with Crippen LogP contribution >= 0.6 is 0 Å². The van der Waals surface area contributed by atoms with Crippen LogP contribution in [-0.2, 0) is 14.4 Å². The highest BCUT2D eigenvalue weighted by Crippen LogP contribution is 2.43. The van der Waals surface area contributed by atoms with Gasteiger partial charge in [-0.3, -0.25) is 9.59 Å². The van der Waals surface area contributed by atoms with Gasteiger partial charge in [0.2, 0.25) is 5.83 Å². The lowest BCUT2D eigenvalue weighted by atomic mass is 9.79. The molecule has 0 amide bonds. The molecular weight excluding hydrogens is 315 g/mol. The van der Waals surface area contributed by atoms with Gasteiger partial charge in [0.15, 0.2) is 11.5 Å². The number of alkyl halides is 2. The molecule has 120 valence electrons. The average Bonchev–Trinajstić information content (AvgIpc) is 2.25. The highest BCUT2D eigenvalue weighted by Gasteiger charge is 2.64. The third-order valence-corrected chi connectivity index (χ3v) is 2.34. The fourth-order valence-electron chi connectivity index (χ4n) is 1.44. The van der Waals surface area contributed by atoms with Crippen LogP contribution in [0.2, 0.25) is 0 Å². The van der Waals surface area contributed by atoms with Crippen LogP contribution in [0.15, 0.2) is 11.9 Å². The van der Waals surface area contributed by atoms with Gasteiger partial charge in [-0.1, -0.05) is 0 Å². The van der Waals surface area contributed by atoms with E-state index in [9.17, 15) is 41.4 Å². The van der Waals surface area contributed by atoms with Gasteiger partial charge in [-0.25, -0.2) is 4.79 Å². The van der Waals surface area contributed by atoms with Crippen molar-refractivity contribution in [1.82, 2.24) is 0 Å². The molecule has 0 rings (SSSR count). The fraction of sp³-hybridized carbons (Fsp3) is 0.444. The number of aliphatic carboxylic acids is 3. The van der Waals surface area contributed by atoms with Crippen LogP contribution in [-0.4, -0.2) is 49.9 Å². The highest BCUT2D eigenvalue weighted by atomic mass is 19.3. The maximum absolute atomic E-state index is 13.4. The van der Waals surface area contributed by atoms with Crippen molar-refractivity contribution in [3.63, 3.8) is 0 Å². The third kappa shape index (κ3) is 3.65. The Labute approximate surface area is 111 Å². The zero-order chi connectivity index (χ0) is 17.2. The van der Waals surface area contributed by atoms with Crippen molar-refractivity contribution in [2.24, 2.45) is 5.92 Å². The highest BCUT2D eigenvalue weighted by molar-refractivity contribution is 5.90. The Bertz CT molecular complexity index is 499. The second kappa shape index (κ2) is 6.03. The van der Waals surface area contributed by atoms with Crippen LogP contribution in [0.25, 0.3) is 0 Å². The number of hydrogen-bond donors (Lipinski definition) is 4. The Morgan fingerprint density at radius 2 is 1.43 bits per heavy atom. The fourth-order valence-corrected chi connectivity index (χ4v) is 1.44. The summed E-state index contributed by atoms with van der Waals surface area (Å²) in [6.07, 6.45) is -5.73. The molecule has 0 radical (unpaired) electrons. The second-order valence-corrected chi connectivity index (χ2v) is 3.77. The van der Waals surface area contributed by atoms with E-state index < -0.39 is 53.7 Å². The first kappa shape index (κ1) is 18.8. The predicted octanol–water partition coefficient (Wildman–Crippen LogP) is 0.691. The predicted molar refractivity (Wildman–Crippen MR) is 51.3 cm³/mol. The Kier molecular flexibility index (Phi) is 5.39. The summed E-state index contributed by atoms with van der Waals surface area (Å²) in [7, 11) is 0. The molecule has 2 atom stereocenters. The van der Waals surface area contributed by atoms with Crippen molar-refractivity contribution in [2.75, 3.05) is 0 Å². The summed E-state index contributed by atoms with van der Waals surface area (Å²) >= 11 is 0. The van der Waals surface area contributed by atoms with Gasteiger partial charge in [0, 0.05) is 0 Å². The Balaban J connectivity index is 6.22. The van der Waals surface area contributed by atoms with Crippen LogP contribution in [0.5, 0.6) is 0 Å². The summed E-state index contributed by atoms with van der Waals surface area (Å²) in [5.74, 6) is -21.1. The molecule has 0 bridgehead atoms. The molecule has 0 spiro atoms. The summed E-state index contributed by atoms with van der Waals surface area (Å²) in [5.41, 5.74) is -4.23. The number of aliphatic hydroxyl groups is 1. The number of hydrogen-bond acceptors (Lipinski definition) is 4. The second-order valence-electron chi connectivity index (χ2n) is 3.77. The summed E-state index contributed by atoms with van der Waals surface area (Å²) in [6, 6.07) is 0. The van der Waals surface area contributed by atoms with E-state index in [0.29, 0.717) is 0 Å². The molecule has 7 nitrogen and oxygen atoms in total. The molecule has 12 heteroatoms. The molecule has 0 aliphatic rings. The lowest BCUT2D eigenvalue weighted by Crippen LogP contribution is -2.58. The van der Waals surface area contributed by atoms with E-state index >= 15 is 0 Å². The minimum Gasteiger partial charge on any atom is -0.481 e. The Morgan fingerprint density at radius 3 is 1.67 bits per heavy atom.